The number of ether oxygens (including phenoxy) is 3. The maximum atomic E-state index is 12.4. The van der Waals surface area contributed by atoms with Crippen molar-refractivity contribution in [3.05, 3.63) is 0 Å². The predicted molar refractivity (Wildman–Crippen MR) is 116 cm³/mol. The average Bonchev–Trinajstić information content (AvgIpc) is 2.75. The average molecular weight is 445 g/mol. The van der Waals surface area contributed by atoms with Gasteiger partial charge in [-0.15, -0.1) is 0 Å². The van der Waals surface area contributed by atoms with E-state index >= 15 is 0 Å². The molecule has 0 heterocycles. The Balaban J connectivity index is 4.65. The summed E-state index contributed by atoms with van der Waals surface area (Å²) in [6.07, 6.45) is 5.03. The van der Waals surface area contributed by atoms with Crippen molar-refractivity contribution < 1.29 is 33.4 Å². The Bertz CT molecular complexity index is 540. The molecule has 0 fully saturated rings. The number of amides is 1. The van der Waals surface area contributed by atoms with E-state index in [-0.39, 0.29) is 32.3 Å². The van der Waals surface area contributed by atoms with Crippen molar-refractivity contribution in [1.82, 2.24) is 5.32 Å². The van der Waals surface area contributed by atoms with E-state index < -0.39 is 35.9 Å². The van der Waals surface area contributed by atoms with Gasteiger partial charge in [-0.1, -0.05) is 40.0 Å². The third kappa shape index (κ3) is 15.3. The van der Waals surface area contributed by atoms with Crippen LogP contribution in [0.25, 0.3) is 0 Å². The monoisotopic (exact) mass is 444 g/mol. The molecule has 0 aliphatic heterocycles. The first-order valence-corrected chi connectivity index (χ1v) is 11.4. The number of unbranched alkanes of at least 4 members (excludes halogenated alkanes) is 3. The molecule has 0 aromatic rings. The molecule has 1 amide bonds. The van der Waals surface area contributed by atoms with Crippen molar-refractivity contribution in [1.29, 1.82) is 0 Å². The van der Waals surface area contributed by atoms with Crippen molar-refractivity contribution >= 4 is 23.8 Å². The lowest BCUT2D eigenvalue weighted by molar-refractivity contribution is -0.150. The highest BCUT2D eigenvalue weighted by molar-refractivity contribution is 5.88. The maximum absolute atomic E-state index is 12.4. The zero-order valence-corrected chi connectivity index (χ0v) is 19.3. The lowest BCUT2D eigenvalue weighted by atomic mass is 10.1. The lowest BCUT2D eigenvalue weighted by Crippen LogP contribution is -2.49. The summed E-state index contributed by atoms with van der Waals surface area (Å²) in [6, 6.07) is -1.99. The molecule has 0 spiro atoms. The van der Waals surface area contributed by atoms with Gasteiger partial charge in [-0.25, -0.2) is 4.79 Å². The number of carbonyl (C=O) groups excluding carboxylic acids is 4. The van der Waals surface area contributed by atoms with Gasteiger partial charge in [0.25, 0.3) is 0 Å². The van der Waals surface area contributed by atoms with Gasteiger partial charge in [0.1, 0.15) is 6.04 Å². The molecule has 180 valence electrons. The van der Waals surface area contributed by atoms with Crippen molar-refractivity contribution in [2.24, 2.45) is 5.73 Å². The Morgan fingerprint density at radius 1 is 0.742 bits per heavy atom. The highest BCUT2D eigenvalue weighted by Crippen LogP contribution is 2.06. The van der Waals surface area contributed by atoms with Crippen LogP contribution in [0.15, 0.2) is 0 Å². The van der Waals surface area contributed by atoms with Crippen LogP contribution in [0.5, 0.6) is 0 Å². The van der Waals surface area contributed by atoms with Gasteiger partial charge in [0.05, 0.1) is 25.9 Å². The fraction of sp³-hybridized carbons (Fsp3) is 0.818. The summed E-state index contributed by atoms with van der Waals surface area (Å²) >= 11 is 0. The number of carbonyl (C=O) groups is 4. The maximum Gasteiger partial charge on any atom is 0.328 e. The van der Waals surface area contributed by atoms with Crippen LogP contribution < -0.4 is 11.1 Å². The second kappa shape index (κ2) is 18.6. The van der Waals surface area contributed by atoms with Gasteiger partial charge in [-0.3, -0.25) is 14.4 Å². The predicted octanol–water partition coefficient (Wildman–Crippen LogP) is 2.39. The molecule has 9 nitrogen and oxygen atoms in total. The van der Waals surface area contributed by atoms with E-state index in [0.29, 0.717) is 19.6 Å². The summed E-state index contributed by atoms with van der Waals surface area (Å²) in [4.78, 5) is 48.3. The van der Waals surface area contributed by atoms with Gasteiger partial charge < -0.3 is 25.3 Å². The zero-order valence-electron chi connectivity index (χ0n) is 19.3. The first-order valence-electron chi connectivity index (χ1n) is 11.4. The second-order valence-electron chi connectivity index (χ2n) is 7.41. The molecule has 0 aliphatic rings. The molecule has 0 aromatic heterocycles. The number of hydrogen-bond donors (Lipinski definition) is 2. The number of esters is 3. The van der Waals surface area contributed by atoms with Gasteiger partial charge in [0.2, 0.25) is 5.91 Å². The normalized spacial score (nSPS) is 12.5. The van der Waals surface area contributed by atoms with E-state index in [1.165, 1.54) is 0 Å². The minimum Gasteiger partial charge on any atom is -0.466 e. The molecule has 31 heavy (non-hydrogen) atoms. The summed E-state index contributed by atoms with van der Waals surface area (Å²) in [5.41, 5.74) is 5.86. The van der Waals surface area contributed by atoms with Crippen molar-refractivity contribution in [2.75, 3.05) is 19.8 Å². The minimum atomic E-state index is -1.01. The Morgan fingerprint density at radius 2 is 1.19 bits per heavy atom. The van der Waals surface area contributed by atoms with E-state index in [9.17, 15) is 19.2 Å². The second-order valence-corrected chi connectivity index (χ2v) is 7.41. The van der Waals surface area contributed by atoms with Crippen molar-refractivity contribution in [3.8, 4) is 0 Å². The molecule has 0 saturated heterocycles. The molecular formula is C22H40N2O7. The number of nitrogens with one attached hydrogen (secondary N) is 1. The lowest BCUT2D eigenvalue weighted by Gasteiger charge is -2.20. The van der Waals surface area contributed by atoms with E-state index in [2.05, 4.69) is 5.32 Å². The fourth-order valence-corrected chi connectivity index (χ4v) is 2.42. The number of rotatable bonds is 18. The van der Waals surface area contributed by atoms with Gasteiger partial charge in [-0.05, 0) is 32.1 Å². The molecule has 2 atom stereocenters. The molecule has 3 N–H and O–H groups in total. The van der Waals surface area contributed by atoms with Crippen LogP contribution in [0.4, 0.5) is 0 Å². The molecular weight excluding hydrogens is 404 g/mol. The summed E-state index contributed by atoms with van der Waals surface area (Å²) in [5.74, 6) is -2.05. The van der Waals surface area contributed by atoms with Crippen LogP contribution in [-0.2, 0) is 33.4 Å². The minimum absolute atomic E-state index is 0.00761. The molecule has 0 bridgehead atoms. The first kappa shape index (κ1) is 28.8. The quantitative estimate of drug-likeness (QED) is 0.187. The molecule has 0 rings (SSSR count). The summed E-state index contributed by atoms with van der Waals surface area (Å²) in [5, 5.41) is 2.54. The Morgan fingerprint density at radius 3 is 1.68 bits per heavy atom. The SMILES string of the molecule is CCCCOC(=O)CCC(N)C(=O)NC(CCC(=O)OCCCC)C(=O)OCCCC. The molecule has 0 aromatic carbocycles. The van der Waals surface area contributed by atoms with Gasteiger partial charge in [0, 0.05) is 12.8 Å². The Hall–Kier alpha value is -2.16. The highest BCUT2D eigenvalue weighted by Gasteiger charge is 2.26. The fourth-order valence-electron chi connectivity index (χ4n) is 2.42. The third-order valence-electron chi connectivity index (χ3n) is 4.50. The zero-order chi connectivity index (χ0) is 23.5. The van der Waals surface area contributed by atoms with E-state index in [1.807, 2.05) is 20.8 Å². The Labute approximate surface area is 185 Å². The topological polar surface area (TPSA) is 134 Å². The smallest absolute Gasteiger partial charge is 0.328 e. The molecule has 0 radical (unpaired) electrons. The van der Waals surface area contributed by atoms with Crippen LogP contribution in [0.1, 0.15) is 85.0 Å². The third-order valence-corrected chi connectivity index (χ3v) is 4.50. The van der Waals surface area contributed by atoms with E-state index in [0.717, 1.165) is 32.1 Å². The van der Waals surface area contributed by atoms with E-state index in [1.54, 1.807) is 0 Å². The molecule has 0 aliphatic carbocycles. The summed E-state index contributed by atoms with van der Waals surface area (Å²) in [6.45, 7) is 6.84. The molecule has 9 heteroatoms. The van der Waals surface area contributed by atoms with Crippen molar-refractivity contribution in [2.45, 2.75) is 97.1 Å². The van der Waals surface area contributed by atoms with Gasteiger partial charge in [-0.2, -0.15) is 0 Å². The standard InChI is InChI=1S/C22H40N2O7/c1-4-7-14-29-19(25)12-10-17(23)21(27)24-18(22(28)31-16-9-6-3)11-13-20(26)30-15-8-5-2/h17-18H,4-16,23H2,1-3H3,(H,24,27). The van der Waals surface area contributed by atoms with Crippen LogP contribution in [0.3, 0.4) is 0 Å². The van der Waals surface area contributed by atoms with E-state index in [4.69, 9.17) is 19.9 Å². The summed E-state index contributed by atoms with van der Waals surface area (Å²) in [7, 11) is 0. The van der Waals surface area contributed by atoms with Crippen LogP contribution >= 0.6 is 0 Å². The largest absolute Gasteiger partial charge is 0.466 e. The summed E-state index contributed by atoms with van der Waals surface area (Å²) < 4.78 is 15.3. The van der Waals surface area contributed by atoms with Gasteiger partial charge in [0.15, 0.2) is 0 Å². The number of hydrogen-bond acceptors (Lipinski definition) is 8. The van der Waals surface area contributed by atoms with Crippen LogP contribution in [0.2, 0.25) is 0 Å². The van der Waals surface area contributed by atoms with Gasteiger partial charge >= 0.3 is 17.9 Å². The molecule has 0 saturated carbocycles. The van der Waals surface area contributed by atoms with Crippen LogP contribution in [-0.4, -0.2) is 55.7 Å². The number of nitrogens with two attached hydrogens (primary N) is 1. The van der Waals surface area contributed by atoms with Crippen LogP contribution in [0, 0.1) is 0 Å². The first-order chi connectivity index (χ1) is 14.8. The molecule has 2 unspecified atom stereocenters. The Kier molecular flexibility index (Phi) is 17.3. The van der Waals surface area contributed by atoms with Crippen molar-refractivity contribution in [3.63, 3.8) is 0 Å². The highest BCUT2D eigenvalue weighted by atomic mass is 16.5.